The molecule has 3 aromatic heterocycles. The summed E-state index contributed by atoms with van der Waals surface area (Å²) in [5, 5.41) is 13.7. The van der Waals surface area contributed by atoms with Crippen molar-refractivity contribution in [3.8, 4) is 11.9 Å². The number of thiophene rings is 1. The summed E-state index contributed by atoms with van der Waals surface area (Å²) in [5.74, 6) is -2.34. The third-order valence-electron chi connectivity index (χ3n) is 6.45. The maximum Gasteiger partial charge on any atom is 0.297 e. The number of hydrogen-bond donors (Lipinski definition) is 0. The van der Waals surface area contributed by atoms with Gasteiger partial charge in [-0.05, 0) is 31.9 Å². The topological polar surface area (TPSA) is 67.0 Å². The zero-order chi connectivity index (χ0) is 23.2. The minimum atomic E-state index is -3.00. The Morgan fingerprint density at radius 2 is 2.09 bits per heavy atom. The van der Waals surface area contributed by atoms with Gasteiger partial charge in [-0.1, -0.05) is 17.7 Å². The Balaban J connectivity index is 1.32. The van der Waals surface area contributed by atoms with Crippen LogP contribution in [0, 0.1) is 18.3 Å². The first kappa shape index (κ1) is 22.4. The molecule has 0 bridgehead atoms. The molecule has 33 heavy (non-hydrogen) atoms. The van der Waals surface area contributed by atoms with Crippen LogP contribution < -0.4 is 0 Å². The lowest BCUT2D eigenvalue weighted by atomic mass is 9.84. The molecule has 6 nitrogen and oxygen atoms in total. The molecule has 3 aromatic rings. The fraction of sp³-hybridized carbons (Fsp3) is 0.435. The van der Waals surface area contributed by atoms with Gasteiger partial charge >= 0.3 is 0 Å². The van der Waals surface area contributed by atoms with E-state index in [0.29, 0.717) is 47.5 Å². The third-order valence-corrected chi connectivity index (χ3v) is 7.90. The average molecular weight is 490 g/mol. The van der Waals surface area contributed by atoms with E-state index in [1.807, 2.05) is 25.3 Å². The van der Waals surface area contributed by atoms with Gasteiger partial charge in [0.2, 0.25) is 0 Å². The number of aromatic nitrogens is 3. The normalized spacial score (nSPS) is 19.4. The number of nitriles is 1. The van der Waals surface area contributed by atoms with Crippen molar-refractivity contribution < 1.29 is 13.5 Å². The van der Waals surface area contributed by atoms with Crippen molar-refractivity contribution in [1.29, 1.82) is 5.26 Å². The summed E-state index contributed by atoms with van der Waals surface area (Å²) in [5.41, 5.74) is 2.12. The van der Waals surface area contributed by atoms with Crippen molar-refractivity contribution in [2.75, 3.05) is 19.7 Å². The minimum absolute atomic E-state index is 0.0258. The summed E-state index contributed by atoms with van der Waals surface area (Å²) >= 11 is 7.32. The summed E-state index contributed by atoms with van der Waals surface area (Å²) in [6.07, 6.45) is 5.17. The van der Waals surface area contributed by atoms with Gasteiger partial charge in [0.25, 0.3) is 5.92 Å². The molecule has 1 saturated heterocycles. The molecule has 172 valence electrons. The second kappa shape index (κ2) is 8.44. The monoisotopic (exact) mass is 489 g/mol. The quantitative estimate of drug-likeness (QED) is 0.517. The highest BCUT2D eigenvalue weighted by Gasteiger charge is 2.51. The fourth-order valence-electron chi connectivity index (χ4n) is 4.65. The van der Waals surface area contributed by atoms with E-state index >= 15 is 0 Å². The molecule has 1 fully saturated rings. The Morgan fingerprint density at radius 3 is 2.85 bits per heavy atom. The van der Waals surface area contributed by atoms with Crippen LogP contribution in [0.1, 0.15) is 40.1 Å². The lowest BCUT2D eigenvalue weighted by Gasteiger charge is -2.45. The van der Waals surface area contributed by atoms with Gasteiger partial charge in [-0.15, -0.1) is 11.3 Å². The number of fused-ring (bicyclic) bond motifs is 2. The maximum absolute atomic E-state index is 14.4. The molecule has 0 atom stereocenters. The van der Waals surface area contributed by atoms with Crippen LogP contribution in [0.25, 0.3) is 5.82 Å². The average Bonchev–Trinajstić information content (AvgIpc) is 3.37. The molecule has 10 heteroatoms. The molecule has 0 aliphatic carbocycles. The molecule has 0 amide bonds. The lowest BCUT2D eigenvalue weighted by Crippen LogP contribution is -2.48. The first-order chi connectivity index (χ1) is 15.8. The summed E-state index contributed by atoms with van der Waals surface area (Å²) < 4.78 is 36.6. The SMILES string of the molecule is Cc1nn(-c2ncccc2CC#N)cc1CN1CCC2(CC1)OCC(F)(F)c1cc(Cl)sc12. The van der Waals surface area contributed by atoms with Gasteiger partial charge in [-0.3, -0.25) is 4.90 Å². The predicted octanol–water partition coefficient (Wildman–Crippen LogP) is 4.97. The second-order valence-electron chi connectivity index (χ2n) is 8.56. The Bertz CT molecular complexity index is 1230. The number of piperidine rings is 1. The van der Waals surface area contributed by atoms with Crippen LogP contribution in [0.5, 0.6) is 0 Å². The minimum Gasteiger partial charge on any atom is -0.363 e. The van der Waals surface area contributed by atoms with Crippen LogP contribution in [0.4, 0.5) is 8.78 Å². The summed E-state index contributed by atoms with van der Waals surface area (Å²) in [6.45, 7) is 3.48. The van der Waals surface area contributed by atoms with Gasteiger partial charge in [-0.2, -0.15) is 19.1 Å². The van der Waals surface area contributed by atoms with Gasteiger partial charge in [0.1, 0.15) is 12.2 Å². The summed E-state index contributed by atoms with van der Waals surface area (Å²) in [6, 6.07) is 7.26. The summed E-state index contributed by atoms with van der Waals surface area (Å²) in [4.78, 5) is 7.28. The van der Waals surface area contributed by atoms with E-state index < -0.39 is 18.1 Å². The number of rotatable bonds is 4. The first-order valence-corrected chi connectivity index (χ1v) is 11.9. The van der Waals surface area contributed by atoms with E-state index in [9.17, 15) is 8.78 Å². The van der Waals surface area contributed by atoms with Crippen LogP contribution in [0.3, 0.4) is 0 Å². The molecule has 2 aliphatic heterocycles. The number of likely N-dealkylation sites (tertiary alicyclic amines) is 1. The lowest BCUT2D eigenvalue weighted by molar-refractivity contribution is -0.182. The fourth-order valence-corrected chi connectivity index (χ4v) is 6.13. The van der Waals surface area contributed by atoms with Gasteiger partial charge in [0, 0.05) is 53.6 Å². The van der Waals surface area contributed by atoms with Crippen molar-refractivity contribution in [1.82, 2.24) is 19.7 Å². The highest BCUT2D eigenvalue weighted by atomic mass is 35.5. The number of nitrogens with zero attached hydrogens (tertiary/aromatic N) is 5. The van der Waals surface area contributed by atoms with Crippen molar-refractivity contribution >= 4 is 22.9 Å². The Hall–Kier alpha value is -2.38. The zero-order valence-corrected chi connectivity index (χ0v) is 19.6. The number of halogens is 3. The van der Waals surface area contributed by atoms with Crippen molar-refractivity contribution in [2.24, 2.45) is 0 Å². The standard InChI is InChI=1S/C23H22ClF2N5OS/c1-15-17(13-31(29-15)21-16(4-7-27)3-2-8-28-21)12-30-9-5-22(6-10-30)20-18(11-19(24)33-20)23(25,26)14-32-22/h2-3,8,11,13H,4-6,9-10,12,14H2,1H3. The molecule has 2 aliphatic rings. The molecule has 0 aromatic carbocycles. The van der Waals surface area contributed by atoms with Crippen LogP contribution in [-0.2, 0) is 29.2 Å². The first-order valence-electron chi connectivity index (χ1n) is 10.7. The largest absolute Gasteiger partial charge is 0.363 e. The number of hydrogen-bond acceptors (Lipinski definition) is 6. The molecular weight excluding hydrogens is 468 g/mol. The highest BCUT2D eigenvalue weighted by molar-refractivity contribution is 7.16. The van der Waals surface area contributed by atoms with E-state index in [4.69, 9.17) is 21.6 Å². The number of alkyl halides is 2. The number of ether oxygens (including phenoxy) is 1. The van der Waals surface area contributed by atoms with Gasteiger partial charge in [0.15, 0.2) is 5.82 Å². The van der Waals surface area contributed by atoms with E-state index in [0.717, 1.165) is 16.8 Å². The molecule has 5 rings (SSSR count). The maximum atomic E-state index is 14.4. The van der Waals surface area contributed by atoms with Gasteiger partial charge in [-0.25, -0.2) is 9.67 Å². The van der Waals surface area contributed by atoms with Crippen LogP contribution in [0.2, 0.25) is 4.34 Å². The Kier molecular flexibility index (Phi) is 5.73. The Morgan fingerprint density at radius 1 is 1.30 bits per heavy atom. The number of pyridine rings is 1. The zero-order valence-electron chi connectivity index (χ0n) is 18.0. The second-order valence-corrected chi connectivity index (χ2v) is 10.2. The van der Waals surface area contributed by atoms with E-state index in [1.165, 1.54) is 17.4 Å². The molecule has 5 heterocycles. The van der Waals surface area contributed by atoms with Crippen molar-refractivity contribution in [3.63, 3.8) is 0 Å². The smallest absolute Gasteiger partial charge is 0.297 e. The van der Waals surface area contributed by atoms with Crippen LogP contribution in [0.15, 0.2) is 30.6 Å². The molecular formula is C23H22ClF2N5OS. The molecule has 0 unspecified atom stereocenters. The van der Waals surface area contributed by atoms with Gasteiger partial charge < -0.3 is 4.74 Å². The van der Waals surface area contributed by atoms with Crippen molar-refractivity contribution in [2.45, 2.75) is 44.3 Å². The van der Waals surface area contributed by atoms with Crippen molar-refractivity contribution in [3.05, 3.63) is 62.2 Å². The van der Waals surface area contributed by atoms with E-state index in [-0.39, 0.29) is 12.0 Å². The molecule has 0 radical (unpaired) electrons. The van der Waals surface area contributed by atoms with E-state index in [1.54, 1.807) is 10.9 Å². The summed E-state index contributed by atoms with van der Waals surface area (Å²) in [7, 11) is 0. The third kappa shape index (κ3) is 4.06. The molecule has 0 saturated carbocycles. The van der Waals surface area contributed by atoms with Crippen LogP contribution in [-0.4, -0.2) is 39.4 Å². The Labute approximate surface area is 199 Å². The predicted molar refractivity (Wildman–Crippen MR) is 121 cm³/mol. The van der Waals surface area contributed by atoms with Crippen LogP contribution >= 0.6 is 22.9 Å². The number of aryl methyl sites for hydroxylation is 1. The van der Waals surface area contributed by atoms with Gasteiger partial charge in [0.05, 0.1) is 22.5 Å². The molecule has 1 spiro atoms. The molecule has 0 N–H and O–H groups in total. The van der Waals surface area contributed by atoms with E-state index in [2.05, 4.69) is 21.1 Å². The highest BCUT2D eigenvalue weighted by Crippen LogP contribution is 2.52.